The Labute approximate surface area is 156 Å². The zero-order valence-corrected chi connectivity index (χ0v) is 15.3. The van der Waals surface area contributed by atoms with Gasteiger partial charge in [-0.25, -0.2) is 4.39 Å². The van der Waals surface area contributed by atoms with Crippen molar-refractivity contribution in [2.75, 3.05) is 18.6 Å². The van der Waals surface area contributed by atoms with Crippen LogP contribution in [-0.4, -0.2) is 31.6 Å². The number of hydrogen-bond acceptors (Lipinski definition) is 4. The summed E-state index contributed by atoms with van der Waals surface area (Å²) in [5.74, 6) is -1.42. The molecule has 0 aromatic heterocycles. The Morgan fingerprint density at radius 2 is 1.92 bits per heavy atom. The van der Waals surface area contributed by atoms with Gasteiger partial charge < -0.3 is 15.0 Å². The van der Waals surface area contributed by atoms with E-state index in [1.165, 1.54) is 19.2 Å². The number of anilines is 1. The lowest BCUT2D eigenvalue weighted by molar-refractivity contribution is -0.141. The average Bonchev–Trinajstić information content (AvgIpc) is 2.66. The first-order valence-electron chi connectivity index (χ1n) is 8.02. The molecule has 1 N–H and O–H groups in total. The Bertz CT molecular complexity index is 771. The van der Waals surface area contributed by atoms with Crippen molar-refractivity contribution < 1.29 is 18.7 Å². The molecule has 0 saturated heterocycles. The summed E-state index contributed by atoms with van der Waals surface area (Å²) in [5, 5.41) is 2.51. The molecule has 7 heteroatoms. The molecule has 1 amide bonds. The molecule has 2 aromatic rings. The van der Waals surface area contributed by atoms with E-state index in [-0.39, 0.29) is 17.5 Å². The molecule has 26 heavy (non-hydrogen) atoms. The van der Waals surface area contributed by atoms with Crippen LogP contribution in [-0.2, 0) is 20.9 Å². The Morgan fingerprint density at radius 1 is 1.23 bits per heavy atom. The normalized spacial score (nSPS) is 11.5. The number of hydrogen-bond donors (Lipinski definition) is 1. The van der Waals surface area contributed by atoms with E-state index in [4.69, 9.17) is 11.6 Å². The standard InChI is InChI=1S/C19H20ClFN2O3/c1-13(19(25)22-11-18(24)26-2)23(12-14-6-4-3-5-7-14)15-8-9-17(21)16(20)10-15/h3-10,13H,11-12H2,1-2H3,(H,22,25). The van der Waals surface area contributed by atoms with Crippen molar-refractivity contribution in [3.05, 3.63) is 64.9 Å². The molecule has 0 radical (unpaired) electrons. The van der Waals surface area contributed by atoms with Gasteiger partial charge in [-0.05, 0) is 30.7 Å². The summed E-state index contributed by atoms with van der Waals surface area (Å²) in [7, 11) is 1.25. The molecular formula is C19H20ClFN2O3. The fourth-order valence-corrected chi connectivity index (χ4v) is 2.59. The third-order valence-corrected chi connectivity index (χ3v) is 4.20. The minimum absolute atomic E-state index is 0.0252. The number of benzene rings is 2. The van der Waals surface area contributed by atoms with Gasteiger partial charge in [0.2, 0.25) is 5.91 Å². The van der Waals surface area contributed by atoms with Gasteiger partial charge in [-0.2, -0.15) is 0 Å². The highest BCUT2D eigenvalue weighted by molar-refractivity contribution is 6.31. The molecule has 0 bridgehead atoms. The number of carbonyl (C=O) groups is 2. The van der Waals surface area contributed by atoms with Gasteiger partial charge >= 0.3 is 5.97 Å². The first-order valence-corrected chi connectivity index (χ1v) is 8.40. The maximum atomic E-state index is 13.5. The lowest BCUT2D eigenvalue weighted by Gasteiger charge is -2.31. The number of nitrogens with one attached hydrogen (secondary N) is 1. The number of amides is 1. The molecule has 0 heterocycles. The lowest BCUT2D eigenvalue weighted by Crippen LogP contribution is -2.46. The first kappa shape index (κ1) is 19.7. The number of esters is 1. The molecule has 0 saturated carbocycles. The fourth-order valence-electron chi connectivity index (χ4n) is 2.42. The Kier molecular flexibility index (Phi) is 6.97. The van der Waals surface area contributed by atoms with Crippen molar-refractivity contribution in [2.24, 2.45) is 0 Å². The summed E-state index contributed by atoms with van der Waals surface area (Å²) >= 11 is 5.90. The van der Waals surface area contributed by atoms with Crippen LogP contribution < -0.4 is 10.2 Å². The van der Waals surface area contributed by atoms with Crippen LogP contribution in [0, 0.1) is 5.82 Å². The number of methoxy groups -OCH3 is 1. The second-order valence-electron chi connectivity index (χ2n) is 5.68. The van der Waals surface area contributed by atoms with Crippen LogP contribution in [0.1, 0.15) is 12.5 Å². The molecule has 0 aliphatic rings. The number of halogens is 2. The predicted molar refractivity (Wildman–Crippen MR) is 98.5 cm³/mol. The first-order chi connectivity index (χ1) is 12.4. The van der Waals surface area contributed by atoms with Crippen molar-refractivity contribution in [1.82, 2.24) is 5.32 Å². The maximum Gasteiger partial charge on any atom is 0.325 e. The Morgan fingerprint density at radius 3 is 2.54 bits per heavy atom. The van der Waals surface area contributed by atoms with E-state index in [0.717, 1.165) is 5.56 Å². The third kappa shape index (κ3) is 5.20. The van der Waals surface area contributed by atoms with Crippen LogP contribution in [0.2, 0.25) is 5.02 Å². The van der Waals surface area contributed by atoms with E-state index >= 15 is 0 Å². The second-order valence-corrected chi connectivity index (χ2v) is 6.09. The molecule has 2 rings (SSSR count). The molecule has 0 fully saturated rings. The Hall–Kier alpha value is -2.60. The second kappa shape index (κ2) is 9.20. The zero-order valence-electron chi connectivity index (χ0n) is 14.5. The van der Waals surface area contributed by atoms with Crippen LogP contribution >= 0.6 is 11.6 Å². The highest BCUT2D eigenvalue weighted by atomic mass is 35.5. The minimum Gasteiger partial charge on any atom is -0.468 e. The molecular weight excluding hydrogens is 359 g/mol. The Balaban J connectivity index is 2.25. The van der Waals surface area contributed by atoms with Crippen LogP contribution in [0.25, 0.3) is 0 Å². The number of nitrogens with zero attached hydrogens (tertiary/aromatic N) is 1. The van der Waals surface area contributed by atoms with E-state index in [1.54, 1.807) is 17.9 Å². The van der Waals surface area contributed by atoms with Gasteiger partial charge in [0.15, 0.2) is 0 Å². The van der Waals surface area contributed by atoms with Crippen LogP contribution in [0.3, 0.4) is 0 Å². The average molecular weight is 379 g/mol. The summed E-state index contributed by atoms with van der Waals surface area (Å²) in [4.78, 5) is 25.5. The van der Waals surface area contributed by atoms with Gasteiger partial charge in [0.25, 0.3) is 0 Å². The van der Waals surface area contributed by atoms with Crippen molar-refractivity contribution in [3.63, 3.8) is 0 Å². The van der Waals surface area contributed by atoms with Gasteiger partial charge in [0.05, 0.1) is 12.1 Å². The molecule has 1 atom stereocenters. The minimum atomic E-state index is -0.624. The molecule has 0 aliphatic carbocycles. The molecule has 2 aromatic carbocycles. The summed E-state index contributed by atoms with van der Waals surface area (Å²) in [5.41, 5.74) is 1.57. The highest BCUT2D eigenvalue weighted by Gasteiger charge is 2.23. The molecule has 1 unspecified atom stereocenters. The van der Waals surface area contributed by atoms with Crippen LogP contribution in [0.15, 0.2) is 48.5 Å². The van der Waals surface area contributed by atoms with E-state index in [0.29, 0.717) is 12.2 Å². The van der Waals surface area contributed by atoms with Crippen molar-refractivity contribution >= 4 is 29.2 Å². The summed E-state index contributed by atoms with van der Waals surface area (Å²) < 4.78 is 18.0. The molecule has 0 spiro atoms. The summed E-state index contributed by atoms with van der Waals surface area (Å²) in [6.07, 6.45) is 0. The largest absolute Gasteiger partial charge is 0.468 e. The predicted octanol–water partition coefficient (Wildman–Crippen LogP) is 3.16. The zero-order chi connectivity index (χ0) is 19.1. The smallest absolute Gasteiger partial charge is 0.325 e. The van der Waals surface area contributed by atoms with Crippen LogP contribution in [0.5, 0.6) is 0 Å². The topological polar surface area (TPSA) is 58.6 Å². The van der Waals surface area contributed by atoms with Gasteiger partial charge in [0.1, 0.15) is 18.4 Å². The van der Waals surface area contributed by atoms with Crippen molar-refractivity contribution in [2.45, 2.75) is 19.5 Å². The number of carbonyl (C=O) groups excluding carboxylic acids is 2. The van der Waals surface area contributed by atoms with E-state index in [2.05, 4.69) is 10.1 Å². The van der Waals surface area contributed by atoms with Crippen molar-refractivity contribution in [1.29, 1.82) is 0 Å². The van der Waals surface area contributed by atoms with Crippen molar-refractivity contribution in [3.8, 4) is 0 Å². The number of ether oxygens (including phenoxy) is 1. The molecule has 0 aliphatic heterocycles. The van der Waals surface area contributed by atoms with Gasteiger partial charge in [-0.1, -0.05) is 41.9 Å². The number of rotatable bonds is 7. The lowest BCUT2D eigenvalue weighted by atomic mass is 10.1. The monoisotopic (exact) mass is 378 g/mol. The van der Waals surface area contributed by atoms with Crippen LogP contribution in [0.4, 0.5) is 10.1 Å². The maximum absolute atomic E-state index is 13.5. The fraction of sp³-hybridized carbons (Fsp3) is 0.263. The van der Waals surface area contributed by atoms with Gasteiger partial charge in [-0.15, -0.1) is 0 Å². The SMILES string of the molecule is COC(=O)CNC(=O)C(C)N(Cc1ccccc1)c1ccc(F)c(Cl)c1. The van der Waals surface area contributed by atoms with E-state index < -0.39 is 17.8 Å². The summed E-state index contributed by atoms with van der Waals surface area (Å²) in [6.45, 7) is 1.89. The highest BCUT2D eigenvalue weighted by Crippen LogP contribution is 2.26. The van der Waals surface area contributed by atoms with E-state index in [9.17, 15) is 14.0 Å². The van der Waals surface area contributed by atoms with E-state index in [1.807, 2.05) is 30.3 Å². The van der Waals surface area contributed by atoms with Gasteiger partial charge in [-0.3, -0.25) is 9.59 Å². The molecule has 138 valence electrons. The third-order valence-electron chi connectivity index (χ3n) is 3.91. The summed E-state index contributed by atoms with van der Waals surface area (Å²) in [6, 6.07) is 13.2. The van der Waals surface area contributed by atoms with Gasteiger partial charge in [0, 0.05) is 12.2 Å². The molecule has 5 nitrogen and oxygen atoms in total. The quantitative estimate of drug-likeness (QED) is 0.752.